The van der Waals surface area contributed by atoms with Crippen LogP contribution in [-0.4, -0.2) is 31.1 Å². The molecule has 0 aromatic carbocycles. The van der Waals surface area contributed by atoms with Crippen LogP contribution in [0.3, 0.4) is 0 Å². The fourth-order valence-corrected chi connectivity index (χ4v) is 4.99. The minimum atomic E-state index is 0.0200. The zero-order chi connectivity index (χ0) is 13.7. The Labute approximate surface area is 117 Å². The molecule has 3 rings (SSSR count). The first kappa shape index (κ1) is 13.4. The third kappa shape index (κ3) is 2.01. The van der Waals surface area contributed by atoms with Crippen molar-refractivity contribution in [2.75, 3.05) is 19.6 Å². The monoisotopic (exact) mass is 265 g/mol. The van der Waals surface area contributed by atoms with E-state index in [2.05, 4.69) is 26.1 Å². The molecular formula is C16H29N2O+. The number of amides is 1. The summed E-state index contributed by atoms with van der Waals surface area (Å²) in [5.41, 5.74) is 0.276. The molecule has 3 nitrogen and oxygen atoms in total. The van der Waals surface area contributed by atoms with Crippen molar-refractivity contribution < 1.29 is 9.69 Å². The van der Waals surface area contributed by atoms with E-state index in [1.54, 1.807) is 0 Å². The topological polar surface area (TPSA) is 33.5 Å². The summed E-state index contributed by atoms with van der Waals surface area (Å²) in [6, 6.07) is 0. The smallest absolute Gasteiger partial charge is 0.275 e. The average Bonchev–Trinajstić information content (AvgIpc) is 2.99. The highest BCUT2D eigenvalue weighted by Gasteiger charge is 2.60. The minimum Gasteiger partial charge on any atom is -0.345 e. The van der Waals surface area contributed by atoms with Crippen LogP contribution in [0.25, 0.3) is 0 Å². The fraction of sp³-hybridized carbons (Fsp3) is 0.938. The van der Waals surface area contributed by atoms with Gasteiger partial charge in [0.25, 0.3) is 5.91 Å². The SMILES string of the molecule is CC1(C)[C@@H]2CC[C@@H](C2)[C@@]1(C)NC(=O)C[NH+]1CCCC1. The lowest BCUT2D eigenvalue weighted by Gasteiger charge is -2.48. The van der Waals surface area contributed by atoms with E-state index in [0.29, 0.717) is 12.5 Å². The summed E-state index contributed by atoms with van der Waals surface area (Å²) in [5.74, 6) is 1.78. The van der Waals surface area contributed by atoms with Crippen molar-refractivity contribution in [3.63, 3.8) is 0 Å². The second-order valence-corrected chi connectivity index (χ2v) is 7.81. The van der Waals surface area contributed by atoms with E-state index < -0.39 is 0 Å². The number of nitrogens with one attached hydrogen (secondary N) is 2. The van der Waals surface area contributed by atoms with Crippen LogP contribution >= 0.6 is 0 Å². The molecule has 3 fully saturated rings. The zero-order valence-electron chi connectivity index (χ0n) is 12.7. The van der Waals surface area contributed by atoms with Crippen LogP contribution in [0.1, 0.15) is 52.9 Å². The van der Waals surface area contributed by atoms with Crippen molar-refractivity contribution in [3.05, 3.63) is 0 Å². The Morgan fingerprint density at radius 2 is 1.79 bits per heavy atom. The number of fused-ring (bicyclic) bond motifs is 2. The second-order valence-electron chi connectivity index (χ2n) is 7.81. The van der Waals surface area contributed by atoms with E-state index in [-0.39, 0.29) is 16.9 Å². The van der Waals surface area contributed by atoms with Gasteiger partial charge in [-0.3, -0.25) is 4.79 Å². The van der Waals surface area contributed by atoms with E-state index in [0.717, 1.165) is 5.92 Å². The Bertz CT molecular complexity index is 373. The molecule has 1 heterocycles. The molecule has 0 unspecified atom stereocenters. The first-order valence-corrected chi connectivity index (χ1v) is 8.08. The molecule has 2 bridgehead atoms. The Hall–Kier alpha value is -0.570. The molecule has 3 aliphatic rings. The maximum Gasteiger partial charge on any atom is 0.275 e. The molecule has 108 valence electrons. The molecule has 0 spiro atoms. The molecule has 1 amide bonds. The van der Waals surface area contributed by atoms with Crippen molar-refractivity contribution in [2.45, 2.75) is 58.4 Å². The van der Waals surface area contributed by atoms with E-state index in [9.17, 15) is 4.79 Å². The molecule has 0 aromatic rings. The van der Waals surface area contributed by atoms with Gasteiger partial charge in [0.15, 0.2) is 6.54 Å². The molecule has 3 heteroatoms. The summed E-state index contributed by atoms with van der Waals surface area (Å²) in [6.45, 7) is 10.1. The molecular weight excluding hydrogens is 236 g/mol. The van der Waals surface area contributed by atoms with Crippen molar-refractivity contribution >= 4 is 5.91 Å². The number of hydrogen-bond donors (Lipinski definition) is 2. The van der Waals surface area contributed by atoms with Gasteiger partial charge in [-0.05, 0) is 43.4 Å². The predicted molar refractivity (Wildman–Crippen MR) is 76.0 cm³/mol. The lowest BCUT2D eigenvalue weighted by Crippen LogP contribution is -3.11. The largest absolute Gasteiger partial charge is 0.345 e. The van der Waals surface area contributed by atoms with Crippen LogP contribution in [0, 0.1) is 17.3 Å². The molecule has 2 N–H and O–H groups in total. The van der Waals surface area contributed by atoms with Crippen molar-refractivity contribution in [2.24, 2.45) is 17.3 Å². The summed E-state index contributed by atoms with van der Waals surface area (Å²) in [4.78, 5) is 13.9. The minimum absolute atomic E-state index is 0.0200. The molecule has 19 heavy (non-hydrogen) atoms. The van der Waals surface area contributed by atoms with Gasteiger partial charge in [0.1, 0.15) is 0 Å². The van der Waals surface area contributed by atoms with Crippen molar-refractivity contribution in [1.29, 1.82) is 0 Å². The van der Waals surface area contributed by atoms with Crippen LogP contribution in [0.15, 0.2) is 0 Å². The van der Waals surface area contributed by atoms with Gasteiger partial charge in [0.2, 0.25) is 0 Å². The van der Waals surface area contributed by atoms with Gasteiger partial charge in [-0.25, -0.2) is 0 Å². The van der Waals surface area contributed by atoms with Gasteiger partial charge in [0, 0.05) is 18.4 Å². The molecule has 2 aliphatic carbocycles. The first-order chi connectivity index (χ1) is 8.93. The number of quaternary nitrogens is 1. The van der Waals surface area contributed by atoms with E-state index in [1.807, 2.05) is 0 Å². The Kier molecular flexibility index (Phi) is 3.16. The van der Waals surface area contributed by atoms with Gasteiger partial charge >= 0.3 is 0 Å². The van der Waals surface area contributed by atoms with Crippen LogP contribution in [-0.2, 0) is 4.79 Å². The fourth-order valence-electron chi connectivity index (χ4n) is 4.99. The van der Waals surface area contributed by atoms with Crippen molar-refractivity contribution in [1.82, 2.24) is 5.32 Å². The number of carbonyl (C=O) groups is 1. The van der Waals surface area contributed by atoms with Gasteiger partial charge in [-0.15, -0.1) is 0 Å². The molecule has 1 aliphatic heterocycles. The first-order valence-electron chi connectivity index (χ1n) is 8.08. The highest BCUT2D eigenvalue weighted by atomic mass is 16.2. The number of carbonyl (C=O) groups excluding carboxylic acids is 1. The lowest BCUT2D eigenvalue weighted by molar-refractivity contribution is -0.879. The Balaban J connectivity index is 1.66. The second kappa shape index (κ2) is 4.47. The molecule has 0 aromatic heterocycles. The van der Waals surface area contributed by atoms with Crippen LogP contribution in [0.2, 0.25) is 0 Å². The Morgan fingerprint density at radius 1 is 1.16 bits per heavy atom. The van der Waals surface area contributed by atoms with E-state index >= 15 is 0 Å². The average molecular weight is 265 g/mol. The maximum atomic E-state index is 12.4. The summed E-state index contributed by atoms with van der Waals surface area (Å²) in [6.07, 6.45) is 6.56. The van der Waals surface area contributed by atoms with Gasteiger partial charge in [-0.1, -0.05) is 13.8 Å². The highest BCUT2D eigenvalue weighted by Crippen LogP contribution is 2.61. The van der Waals surface area contributed by atoms with Gasteiger partial charge in [-0.2, -0.15) is 0 Å². The van der Waals surface area contributed by atoms with Gasteiger partial charge in [0.05, 0.1) is 13.1 Å². The van der Waals surface area contributed by atoms with Gasteiger partial charge < -0.3 is 10.2 Å². The zero-order valence-corrected chi connectivity index (χ0v) is 12.7. The molecule has 0 radical (unpaired) electrons. The number of rotatable bonds is 3. The highest BCUT2D eigenvalue weighted by molar-refractivity contribution is 5.78. The molecule has 1 saturated heterocycles. The van der Waals surface area contributed by atoms with Crippen molar-refractivity contribution in [3.8, 4) is 0 Å². The maximum absolute atomic E-state index is 12.4. The number of hydrogen-bond acceptors (Lipinski definition) is 1. The molecule has 3 atom stereocenters. The summed E-state index contributed by atoms with van der Waals surface area (Å²) in [7, 11) is 0. The van der Waals surface area contributed by atoms with Crippen LogP contribution in [0.4, 0.5) is 0 Å². The summed E-state index contributed by atoms with van der Waals surface area (Å²) in [5, 5.41) is 3.44. The quantitative estimate of drug-likeness (QED) is 0.784. The van der Waals surface area contributed by atoms with E-state index in [4.69, 9.17) is 0 Å². The van der Waals surface area contributed by atoms with Crippen LogP contribution in [0.5, 0.6) is 0 Å². The molecule has 2 saturated carbocycles. The summed E-state index contributed by atoms with van der Waals surface area (Å²) < 4.78 is 0. The lowest BCUT2D eigenvalue weighted by atomic mass is 9.64. The predicted octanol–water partition coefficient (Wildman–Crippen LogP) is 0.996. The third-order valence-corrected chi connectivity index (χ3v) is 6.73. The standard InChI is InChI=1S/C16H28N2O/c1-15(2)12-6-7-13(10-12)16(15,3)17-14(19)11-18-8-4-5-9-18/h12-13H,4-11H2,1-3H3,(H,17,19)/p+1/t12-,13+,16-/m1/s1. The normalized spacial score (nSPS) is 40.8. The third-order valence-electron chi connectivity index (χ3n) is 6.73. The van der Waals surface area contributed by atoms with E-state index in [1.165, 1.54) is 50.1 Å². The Morgan fingerprint density at radius 3 is 2.37 bits per heavy atom. The van der Waals surface area contributed by atoms with Crippen LogP contribution < -0.4 is 10.2 Å². The number of likely N-dealkylation sites (tertiary alicyclic amines) is 1. The summed E-state index contributed by atoms with van der Waals surface area (Å²) >= 11 is 0.